The molecule has 0 N–H and O–H groups in total. The number of rotatable bonds is 10. The molecule has 2 aliphatic heterocycles. The maximum atomic E-state index is 5.09. The average molecular weight is 1140 g/mol. The highest BCUT2D eigenvalue weighted by Gasteiger charge is 2.06. The van der Waals surface area contributed by atoms with Crippen molar-refractivity contribution in [2.75, 3.05) is 13.1 Å². The minimum atomic E-state index is 0.345. The Balaban J connectivity index is 0.000000444. The van der Waals surface area contributed by atoms with Gasteiger partial charge in [-0.3, -0.25) is 15.0 Å². The first-order valence-corrected chi connectivity index (χ1v) is 29.3. The van der Waals surface area contributed by atoms with Crippen molar-refractivity contribution in [2.45, 2.75) is 186 Å². The highest BCUT2D eigenvalue weighted by atomic mass is 32.1. The third kappa shape index (κ3) is 33.1. The molecular weight excluding hydrogens is 1040 g/mol. The lowest BCUT2D eigenvalue weighted by Gasteiger charge is -2.01. The van der Waals surface area contributed by atoms with Crippen molar-refractivity contribution in [1.82, 2.24) is 40.4 Å². The lowest BCUT2D eigenvalue weighted by molar-refractivity contribution is 0.364. The number of nitrogens with zero attached hydrogens (tertiary/aromatic N) is 10. The van der Waals surface area contributed by atoms with Crippen LogP contribution in [0.25, 0.3) is 0 Å². The second-order valence-electron chi connectivity index (χ2n) is 21.3. The second-order valence-corrected chi connectivity index (χ2v) is 23.0. The lowest BCUT2D eigenvalue weighted by Crippen LogP contribution is -1.93. The third-order valence-corrected chi connectivity index (χ3v) is 13.0. The van der Waals surface area contributed by atoms with Crippen LogP contribution >= 0.6 is 22.7 Å². The second kappa shape index (κ2) is 42.3. The van der Waals surface area contributed by atoms with Crippen LogP contribution in [0.3, 0.4) is 0 Å². The molecule has 10 heterocycles. The zero-order valence-corrected chi connectivity index (χ0v) is 53.1. The Morgan fingerprint density at radius 2 is 1.27 bits per heavy atom. The highest BCUT2D eigenvalue weighted by molar-refractivity contribution is 7.09. The maximum Gasteiger partial charge on any atom is 0.228 e. The predicted octanol–water partition coefficient (Wildman–Crippen LogP) is 18.6. The van der Waals surface area contributed by atoms with Crippen molar-refractivity contribution in [2.24, 2.45) is 21.8 Å². The van der Waals surface area contributed by atoms with Gasteiger partial charge in [-0.2, -0.15) is 4.98 Å². The molecule has 0 saturated carbocycles. The van der Waals surface area contributed by atoms with Crippen molar-refractivity contribution >= 4 is 35.1 Å². The Morgan fingerprint density at radius 1 is 0.550 bits per heavy atom. The van der Waals surface area contributed by atoms with Gasteiger partial charge in [-0.05, 0) is 76.5 Å². The average Bonchev–Trinajstić information content (AvgIpc) is 4.28. The van der Waals surface area contributed by atoms with Gasteiger partial charge in [-0.1, -0.05) is 155 Å². The van der Waals surface area contributed by atoms with Gasteiger partial charge in [0.15, 0.2) is 19.1 Å². The van der Waals surface area contributed by atoms with Crippen molar-refractivity contribution in [3.63, 3.8) is 0 Å². The first-order valence-electron chi connectivity index (χ1n) is 27.6. The summed E-state index contributed by atoms with van der Waals surface area (Å²) in [5, 5.41) is 15.9. The van der Waals surface area contributed by atoms with Crippen LogP contribution in [0.1, 0.15) is 230 Å². The Labute approximate surface area is 486 Å². The van der Waals surface area contributed by atoms with Gasteiger partial charge >= 0.3 is 0 Å². The number of hydrogen-bond acceptors (Lipinski definition) is 18. The fraction of sp³-hybridized carbons (Fsp3) is 0.516. The summed E-state index contributed by atoms with van der Waals surface area (Å²) in [6.07, 6.45) is 24.6. The fourth-order valence-corrected chi connectivity index (χ4v) is 6.83. The molecule has 2 aliphatic rings. The van der Waals surface area contributed by atoms with Crippen molar-refractivity contribution < 1.29 is 26.7 Å². The zero-order chi connectivity index (χ0) is 59.8. The molecule has 0 spiro atoms. The van der Waals surface area contributed by atoms with E-state index < -0.39 is 0 Å². The van der Waals surface area contributed by atoms with E-state index in [4.69, 9.17) is 22.2 Å². The first-order chi connectivity index (χ1) is 38.0. The standard InChI is InChI=1S/2C7H11N.2C7H10O.3C6H9NO.C6H9NS.C5H8N2O.C5H8N2S/c3*1-6(2)7-3-4-8-5-7;1-6(2)7-4-3-5-8-7;1-5(2)6-3-8-4-7-6;1-5(2)6-3-7-4-8-6;1-5(2)6-3-4-8-7-6;1-5(2)6-3-7-4-8-6;1-4(2)5-6-3-7-8-5;1-4(2)5-7-6-3-8-5/h3,5-6H,4H2,1-2H3;3-4,6H,5H2,1-2H3;2*3-6H,1-2H3;4*3-5H,1-2H3;2*3-4H,1-2H3. The summed E-state index contributed by atoms with van der Waals surface area (Å²) in [5.74, 6) is 8.08. The minimum absolute atomic E-state index is 0.345. The molecule has 80 heavy (non-hydrogen) atoms. The predicted molar refractivity (Wildman–Crippen MR) is 329 cm³/mol. The Hall–Kier alpha value is -6.66. The van der Waals surface area contributed by atoms with Crippen LogP contribution in [0.15, 0.2) is 158 Å². The lowest BCUT2D eigenvalue weighted by atomic mass is 10.1. The Morgan fingerprint density at radius 3 is 1.52 bits per heavy atom. The van der Waals surface area contributed by atoms with Gasteiger partial charge < -0.3 is 26.7 Å². The molecule has 440 valence electrons. The summed E-state index contributed by atoms with van der Waals surface area (Å²) in [7, 11) is 0. The first kappa shape index (κ1) is 71.4. The van der Waals surface area contributed by atoms with E-state index in [-0.39, 0.29) is 0 Å². The molecule has 0 unspecified atom stereocenters. The Kier molecular flexibility index (Phi) is 37.7. The Bertz CT molecular complexity index is 2200. The van der Waals surface area contributed by atoms with E-state index in [0.29, 0.717) is 65.1 Å². The van der Waals surface area contributed by atoms with E-state index >= 15 is 0 Å². The summed E-state index contributed by atoms with van der Waals surface area (Å²) in [4.78, 5) is 25.0. The zero-order valence-electron chi connectivity index (χ0n) is 51.5. The van der Waals surface area contributed by atoms with Crippen molar-refractivity contribution in [3.05, 3.63) is 166 Å². The van der Waals surface area contributed by atoms with Crippen LogP contribution < -0.4 is 0 Å². The summed E-state index contributed by atoms with van der Waals surface area (Å²) < 4.78 is 29.1. The molecule has 0 radical (unpaired) electrons. The number of thiazole rings is 1. The topological polar surface area (TPSA) is 207 Å². The number of aromatic nitrogens is 8. The van der Waals surface area contributed by atoms with E-state index in [9.17, 15) is 0 Å². The molecule has 8 aromatic rings. The number of allylic oxidation sites excluding steroid dienone is 2. The number of furan rings is 2. The third-order valence-electron chi connectivity index (χ3n) is 10.9. The van der Waals surface area contributed by atoms with E-state index in [1.54, 1.807) is 65.7 Å². The largest absolute Gasteiger partial charge is 0.472 e. The normalized spacial score (nSPS) is 11.8. The molecule has 0 atom stereocenters. The van der Waals surface area contributed by atoms with Crippen LogP contribution in [-0.4, -0.2) is 66.0 Å². The van der Waals surface area contributed by atoms with Crippen LogP contribution in [0, 0.1) is 11.8 Å². The molecule has 0 fully saturated rings. The van der Waals surface area contributed by atoms with Gasteiger partial charge in [0, 0.05) is 53.2 Å². The van der Waals surface area contributed by atoms with E-state index in [2.05, 4.69) is 192 Å². The maximum absolute atomic E-state index is 5.09. The highest BCUT2D eigenvalue weighted by Crippen LogP contribution is 2.18. The summed E-state index contributed by atoms with van der Waals surface area (Å²) in [5.41, 5.74) is 9.76. The molecule has 16 nitrogen and oxygen atoms in total. The van der Waals surface area contributed by atoms with Gasteiger partial charge in [-0.25, -0.2) is 9.97 Å². The van der Waals surface area contributed by atoms with Crippen LogP contribution in [-0.2, 0) is 0 Å². The van der Waals surface area contributed by atoms with Gasteiger partial charge in [-0.15, -0.1) is 32.9 Å². The van der Waals surface area contributed by atoms with Gasteiger partial charge in [0.25, 0.3) is 0 Å². The van der Waals surface area contributed by atoms with E-state index in [1.165, 1.54) is 40.7 Å². The van der Waals surface area contributed by atoms with Gasteiger partial charge in [0.2, 0.25) is 5.89 Å². The minimum Gasteiger partial charge on any atom is -0.472 e. The number of oxazole rings is 2. The number of aliphatic imine (C=N–C) groups is 2. The molecule has 0 saturated heterocycles. The smallest absolute Gasteiger partial charge is 0.228 e. The summed E-state index contributed by atoms with van der Waals surface area (Å²) >= 11 is 3.33. The van der Waals surface area contributed by atoms with Gasteiger partial charge in [0.1, 0.15) is 34.6 Å². The molecule has 0 aliphatic carbocycles. The number of hydrogen-bond donors (Lipinski definition) is 0. The van der Waals surface area contributed by atoms with Crippen molar-refractivity contribution in [1.29, 1.82) is 0 Å². The molecule has 0 aromatic carbocycles. The summed E-state index contributed by atoms with van der Waals surface area (Å²) in [6.45, 7) is 44.1. The van der Waals surface area contributed by atoms with Crippen LogP contribution in [0.2, 0.25) is 0 Å². The van der Waals surface area contributed by atoms with Crippen molar-refractivity contribution in [3.8, 4) is 0 Å². The van der Waals surface area contributed by atoms with E-state index in [0.717, 1.165) is 41.0 Å². The van der Waals surface area contributed by atoms with E-state index in [1.807, 2.05) is 62.2 Å². The summed E-state index contributed by atoms with van der Waals surface area (Å²) in [6, 6.07) is 7.77. The van der Waals surface area contributed by atoms with Crippen LogP contribution in [0.5, 0.6) is 0 Å². The van der Waals surface area contributed by atoms with Gasteiger partial charge in [0.05, 0.1) is 55.0 Å². The molecule has 0 amide bonds. The molecule has 0 bridgehead atoms. The van der Waals surface area contributed by atoms with Crippen LogP contribution in [0.4, 0.5) is 0 Å². The quantitative estimate of drug-likeness (QED) is 0.125. The fourth-order valence-electron chi connectivity index (χ4n) is 5.63. The SMILES string of the molecule is CC(C)C1=CC=NC1.CC(C)C1=CCN=C1.CC(C)c1ccco1.CC(C)c1ccoc1.CC(C)c1ccon1.CC(C)c1cnco1.CC(C)c1cncs1.CC(C)c1cocn1.CC(C)c1ncno1.CC(C)c1nncs1. The monoisotopic (exact) mass is 1140 g/mol. The molecule has 8 aromatic heterocycles. The molecule has 10 rings (SSSR count). The molecule has 18 heteroatoms. The molecular formula is C62H94N10O6S2.